The van der Waals surface area contributed by atoms with Crippen molar-refractivity contribution >= 4 is 39.6 Å². The summed E-state index contributed by atoms with van der Waals surface area (Å²) < 4.78 is 10.3. The van der Waals surface area contributed by atoms with Crippen molar-refractivity contribution in [1.82, 2.24) is 24.0 Å². The molecule has 230 valence electrons. The molecule has 8 rings (SSSR count). The number of nitrogens with one attached hydrogen (secondary N) is 1. The second kappa shape index (κ2) is 10.4. The van der Waals surface area contributed by atoms with Crippen LogP contribution in [0, 0.1) is 11.8 Å². The molecule has 10 nitrogen and oxygen atoms in total. The molecule has 1 saturated heterocycles. The number of nitrogens with zero attached hydrogens (tertiary/aromatic N) is 5. The number of piperidine rings is 1. The first-order valence-corrected chi connectivity index (χ1v) is 15.8. The molecule has 5 aromatic rings. The minimum atomic E-state index is -0.146. The summed E-state index contributed by atoms with van der Waals surface area (Å²) in [6.07, 6.45) is 6.30. The van der Waals surface area contributed by atoms with E-state index in [0.717, 1.165) is 70.5 Å². The average Bonchev–Trinajstić information content (AvgIpc) is 3.44. The zero-order valence-corrected chi connectivity index (χ0v) is 25.8. The van der Waals surface area contributed by atoms with Crippen LogP contribution in [-0.4, -0.2) is 61.6 Å². The average molecular weight is 604 g/mol. The van der Waals surface area contributed by atoms with E-state index in [1.165, 1.54) is 19.8 Å². The van der Waals surface area contributed by atoms with Crippen molar-refractivity contribution in [3.05, 3.63) is 60.3 Å². The quantitative estimate of drug-likeness (QED) is 0.264. The Bertz CT molecular complexity index is 1990. The SMILES string of the molecule is COc1cc(C(=O)N2C[C@H]3CC[C@@H]2[C@@H]3N)cc2nc(-c3cc4ccc(-c5ccc(NC(C)=O)nc5)cc4n3CC3CC3)n(C)c12. The van der Waals surface area contributed by atoms with E-state index < -0.39 is 0 Å². The third-order valence-corrected chi connectivity index (χ3v) is 9.99. The molecule has 3 fully saturated rings. The van der Waals surface area contributed by atoms with Gasteiger partial charge >= 0.3 is 0 Å². The second-order valence-corrected chi connectivity index (χ2v) is 13.0. The Kier molecular flexibility index (Phi) is 6.46. The Labute approximate surface area is 261 Å². The molecule has 0 spiro atoms. The monoisotopic (exact) mass is 603 g/mol. The maximum Gasteiger partial charge on any atom is 0.254 e. The standard InChI is InChI=1S/C35H37N7O3/c1-19(43)38-31-11-9-23(16-37-31)21-6-7-22-14-29(41(28(22)13-21)17-20-4-5-20)34-39-26-12-25(15-30(45-3)33(26)40(34)2)35(44)42-18-24-8-10-27(42)32(24)36/h6-7,9,11-16,20,24,27,32H,4-5,8,10,17-18,36H2,1-3H3,(H,37,38,43)/t24-,27-,32-/m1/s1. The molecule has 3 aliphatic rings. The van der Waals surface area contributed by atoms with Gasteiger partial charge in [0.2, 0.25) is 5.91 Å². The maximum absolute atomic E-state index is 13.7. The van der Waals surface area contributed by atoms with Crippen molar-refractivity contribution in [2.75, 3.05) is 19.0 Å². The number of likely N-dealkylation sites (tertiary alicyclic amines) is 1. The van der Waals surface area contributed by atoms with E-state index in [1.807, 2.05) is 36.2 Å². The van der Waals surface area contributed by atoms with Crippen LogP contribution < -0.4 is 15.8 Å². The van der Waals surface area contributed by atoms with E-state index in [1.54, 1.807) is 13.3 Å². The highest BCUT2D eigenvalue weighted by Gasteiger charge is 2.47. The fraction of sp³-hybridized carbons (Fsp3) is 0.371. The summed E-state index contributed by atoms with van der Waals surface area (Å²) in [5.41, 5.74) is 12.8. The molecule has 0 radical (unpaired) electrons. The van der Waals surface area contributed by atoms with Gasteiger partial charge in [-0.15, -0.1) is 0 Å². The number of hydrogen-bond acceptors (Lipinski definition) is 6. The number of rotatable bonds is 7. The van der Waals surface area contributed by atoms with Gasteiger partial charge in [0, 0.05) is 67.4 Å². The van der Waals surface area contributed by atoms with Gasteiger partial charge in [0.05, 0.1) is 18.3 Å². The number of carbonyl (C=O) groups excluding carboxylic acids is 2. The van der Waals surface area contributed by atoms with Crippen LogP contribution in [0.4, 0.5) is 5.82 Å². The summed E-state index contributed by atoms with van der Waals surface area (Å²) in [4.78, 5) is 36.7. The Balaban J connectivity index is 1.20. The van der Waals surface area contributed by atoms with E-state index >= 15 is 0 Å². The number of ether oxygens (including phenoxy) is 1. The van der Waals surface area contributed by atoms with Crippen LogP contribution in [0.2, 0.25) is 0 Å². The van der Waals surface area contributed by atoms with E-state index in [4.69, 9.17) is 15.5 Å². The Hall–Kier alpha value is -4.70. The lowest BCUT2D eigenvalue weighted by Crippen LogP contribution is -2.41. The molecular formula is C35H37N7O3. The number of imidazole rings is 1. The highest BCUT2D eigenvalue weighted by atomic mass is 16.5. The van der Waals surface area contributed by atoms with Crippen molar-refractivity contribution in [1.29, 1.82) is 0 Å². The number of anilines is 1. The number of fused-ring (bicyclic) bond motifs is 4. The molecule has 0 unspecified atom stereocenters. The topological polar surface area (TPSA) is 120 Å². The third-order valence-electron chi connectivity index (χ3n) is 9.99. The minimum absolute atomic E-state index is 0.0000248. The molecular weight excluding hydrogens is 566 g/mol. The molecule has 3 atom stereocenters. The third kappa shape index (κ3) is 4.66. The Morgan fingerprint density at radius 1 is 1.04 bits per heavy atom. The van der Waals surface area contributed by atoms with Crippen molar-refractivity contribution in [2.24, 2.45) is 24.6 Å². The fourth-order valence-corrected chi connectivity index (χ4v) is 7.46. The van der Waals surface area contributed by atoms with Gasteiger partial charge < -0.3 is 29.8 Å². The summed E-state index contributed by atoms with van der Waals surface area (Å²) in [7, 11) is 3.66. The molecule has 2 bridgehead atoms. The maximum atomic E-state index is 13.7. The number of methoxy groups -OCH3 is 1. The first-order chi connectivity index (χ1) is 21.8. The summed E-state index contributed by atoms with van der Waals surface area (Å²) in [5.74, 6) is 2.87. The summed E-state index contributed by atoms with van der Waals surface area (Å²) in [5, 5.41) is 3.86. The number of nitrogens with two attached hydrogens (primary N) is 1. The minimum Gasteiger partial charge on any atom is -0.494 e. The van der Waals surface area contributed by atoms with Gasteiger partial charge in [-0.2, -0.15) is 0 Å². The molecule has 3 N–H and O–H groups in total. The zero-order chi connectivity index (χ0) is 31.0. The predicted molar refractivity (Wildman–Crippen MR) is 174 cm³/mol. The molecule has 2 amide bonds. The summed E-state index contributed by atoms with van der Waals surface area (Å²) >= 11 is 0. The number of pyridine rings is 1. The van der Waals surface area contributed by atoms with Crippen molar-refractivity contribution in [3.8, 4) is 28.4 Å². The first-order valence-electron chi connectivity index (χ1n) is 15.8. The van der Waals surface area contributed by atoms with Gasteiger partial charge in [-0.3, -0.25) is 9.59 Å². The molecule has 2 aromatic carbocycles. The molecule has 45 heavy (non-hydrogen) atoms. The van der Waals surface area contributed by atoms with Gasteiger partial charge in [-0.25, -0.2) is 9.97 Å². The van der Waals surface area contributed by atoms with Crippen molar-refractivity contribution in [2.45, 2.75) is 51.2 Å². The van der Waals surface area contributed by atoms with Gasteiger partial charge in [-0.1, -0.05) is 12.1 Å². The molecule has 10 heteroatoms. The summed E-state index contributed by atoms with van der Waals surface area (Å²) in [6.45, 7) is 3.10. The van der Waals surface area contributed by atoms with E-state index in [2.05, 4.69) is 43.7 Å². The Morgan fingerprint density at radius 3 is 2.53 bits per heavy atom. The fourth-order valence-electron chi connectivity index (χ4n) is 7.46. The van der Waals surface area contributed by atoms with Gasteiger partial charge in [0.15, 0.2) is 5.82 Å². The van der Waals surface area contributed by atoms with Gasteiger partial charge in [0.25, 0.3) is 5.91 Å². The van der Waals surface area contributed by atoms with E-state index in [-0.39, 0.29) is 23.9 Å². The lowest BCUT2D eigenvalue weighted by molar-refractivity contribution is -0.114. The molecule has 1 aliphatic heterocycles. The smallest absolute Gasteiger partial charge is 0.254 e. The largest absolute Gasteiger partial charge is 0.494 e. The number of amides is 2. The number of benzene rings is 2. The van der Waals surface area contributed by atoms with Gasteiger partial charge in [0.1, 0.15) is 17.1 Å². The highest BCUT2D eigenvalue weighted by molar-refractivity contribution is 6.01. The van der Waals surface area contributed by atoms with Crippen molar-refractivity contribution in [3.63, 3.8) is 0 Å². The number of aromatic nitrogens is 4. The number of aryl methyl sites for hydroxylation is 1. The predicted octanol–water partition coefficient (Wildman–Crippen LogP) is 5.20. The van der Waals surface area contributed by atoms with Crippen LogP contribution in [0.5, 0.6) is 5.75 Å². The lowest BCUT2D eigenvalue weighted by Gasteiger charge is -2.27. The van der Waals surface area contributed by atoms with E-state index in [0.29, 0.717) is 29.0 Å². The van der Waals surface area contributed by atoms with Gasteiger partial charge in [-0.05, 0) is 79.5 Å². The first kappa shape index (κ1) is 27.8. The second-order valence-electron chi connectivity index (χ2n) is 13.0. The normalized spacial score (nSPS) is 20.8. The molecule has 2 saturated carbocycles. The number of carbonyl (C=O) groups is 2. The van der Waals surface area contributed by atoms with Crippen LogP contribution in [0.3, 0.4) is 0 Å². The molecule has 4 heterocycles. The van der Waals surface area contributed by atoms with Crippen LogP contribution in [0.25, 0.3) is 44.6 Å². The zero-order valence-electron chi connectivity index (χ0n) is 25.8. The molecule has 3 aromatic heterocycles. The summed E-state index contributed by atoms with van der Waals surface area (Å²) in [6, 6.07) is 16.4. The Morgan fingerprint density at radius 2 is 1.87 bits per heavy atom. The highest BCUT2D eigenvalue weighted by Crippen LogP contribution is 2.40. The van der Waals surface area contributed by atoms with Crippen molar-refractivity contribution < 1.29 is 14.3 Å². The van der Waals surface area contributed by atoms with Crippen LogP contribution in [0.15, 0.2) is 54.7 Å². The molecule has 2 aliphatic carbocycles. The van der Waals surface area contributed by atoms with Crippen LogP contribution >= 0.6 is 0 Å². The van der Waals surface area contributed by atoms with Crippen LogP contribution in [0.1, 0.15) is 43.0 Å². The number of hydrogen-bond donors (Lipinski definition) is 2. The van der Waals surface area contributed by atoms with E-state index in [9.17, 15) is 9.59 Å². The van der Waals surface area contributed by atoms with Crippen LogP contribution in [-0.2, 0) is 18.4 Å². The lowest BCUT2D eigenvalue weighted by atomic mass is 10.1.